The van der Waals surface area contributed by atoms with Crippen molar-refractivity contribution >= 4 is 0 Å². The Labute approximate surface area is 112 Å². The molecule has 2 heterocycles. The molecule has 0 amide bonds. The average Bonchev–Trinajstić information content (AvgIpc) is 2.93. The molecule has 0 spiro atoms. The lowest BCUT2D eigenvalue weighted by Crippen LogP contribution is -2.29. The number of nitrogens with one attached hydrogen (secondary N) is 1. The molecule has 3 unspecified atom stereocenters. The highest BCUT2D eigenvalue weighted by atomic mass is 19.1. The Kier molecular flexibility index (Phi) is 3.31. The first-order valence-electron chi connectivity index (χ1n) is 6.96. The first-order valence-corrected chi connectivity index (χ1v) is 6.96. The zero-order chi connectivity index (χ0) is 13.6. The summed E-state index contributed by atoms with van der Waals surface area (Å²) in [6.45, 7) is 7.64. The lowest BCUT2D eigenvalue weighted by Gasteiger charge is -2.26. The van der Waals surface area contributed by atoms with E-state index in [2.05, 4.69) is 10.2 Å². The molecule has 3 atom stereocenters. The highest BCUT2D eigenvalue weighted by Crippen LogP contribution is 2.34. The topological polar surface area (TPSA) is 15.3 Å². The van der Waals surface area contributed by atoms with Crippen LogP contribution in [0.5, 0.6) is 0 Å². The molecule has 1 aromatic rings. The summed E-state index contributed by atoms with van der Waals surface area (Å²) >= 11 is 0. The van der Waals surface area contributed by atoms with E-state index in [1.165, 1.54) is 12.1 Å². The van der Waals surface area contributed by atoms with Crippen molar-refractivity contribution in [3.63, 3.8) is 0 Å². The van der Waals surface area contributed by atoms with Gasteiger partial charge in [-0.1, -0.05) is 0 Å². The van der Waals surface area contributed by atoms with Crippen molar-refractivity contribution in [3.05, 3.63) is 34.9 Å². The molecule has 2 aliphatic rings. The van der Waals surface area contributed by atoms with Gasteiger partial charge in [-0.15, -0.1) is 0 Å². The largest absolute Gasteiger partial charge is 0.316 e. The molecular formula is C15H20F2N2. The van der Waals surface area contributed by atoms with E-state index in [9.17, 15) is 8.78 Å². The molecule has 2 saturated heterocycles. The normalized spacial score (nSPS) is 28.6. The lowest BCUT2D eigenvalue weighted by molar-refractivity contribution is 0.238. The highest BCUT2D eigenvalue weighted by molar-refractivity contribution is 5.27. The van der Waals surface area contributed by atoms with Crippen molar-refractivity contribution < 1.29 is 8.78 Å². The van der Waals surface area contributed by atoms with Crippen LogP contribution >= 0.6 is 0 Å². The van der Waals surface area contributed by atoms with Gasteiger partial charge in [-0.05, 0) is 56.5 Å². The molecule has 0 bridgehead atoms. The zero-order valence-electron chi connectivity index (χ0n) is 11.4. The summed E-state index contributed by atoms with van der Waals surface area (Å²) in [6, 6.07) is 2.61. The zero-order valence-corrected chi connectivity index (χ0v) is 11.4. The van der Waals surface area contributed by atoms with E-state index in [0.717, 1.165) is 26.2 Å². The molecule has 0 aliphatic carbocycles. The number of aryl methyl sites for hydroxylation is 1. The van der Waals surface area contributed by atoms with E-state index >= 15 is 0 Å². The van der Waals surface area contributed by atoms with Crippen LogP contribution in [0.1, 0.15) is 24.1 Å². The predicted octanol–water partition coefficient (Wildman–Crippen LogP) is 2.49. The Morgan fingerprint density at radius 3 is 2.42 bits per heavy atom. The molecule has 2 fully saturated rings. The SMILES string of the molecule is Cc1cc(F)c(C(C)N2CC3CNCC3C2)cc1F. The number of hydrogen-bond acceptors (Lipinski definition) is 2. The fourth-order valence-corrected chi connectivity index (χ4v) is 3.39. The van der Waals surface area contributed by atoms with Crippen LogP contribution in [-0.2, 0) is 0 Å². The second-order valence-electron chi connectivity index (χ2n) is 5.93. The molecule has 19 heavy (non-hydrogen) atoms. The summed E-state index contributed by atoms with van der Waals surface area (Å²) in [7, 11) is 0. The Hall–Kier alpha value is -1.00. The maximum Gasteiger partial charge on any atom is 0.128 e. The molecule has 0 saturated carbocycles. The molecule has 2 aliphatic heterocycles. The second kappa shape index (κ2) is 4.84. The van der Waals surface area contributed by atoms with E-state index in [1.54, 1.807) is 6.92 Å². The van der Waals surface area contributed by atoms with Crippen molar-refractivity contribution in [2.75, 3.05) is 26.2 Å². The van der Waals surface area contributed by atoms with Crippen LogP contribution in [-0.4, -0.2) is 31.1 Å². The van der Waals surface area contributed by atoms with Crippen LogP contribution in [0, 0.1) is 30.4 Å². The predicted molar refractivity (Wildman–Crippen MR) is 70.9 cm³/mol. The Bertz CT molecular complexity index is 477. The van der Waals surface area contributed by atoms with Crippen molar-refractivity contribution in [2.45, 2.75) is 19.9 Å². The third-order valence-electron chi connectivity index (χ3n) is 4.69. The first-order chi connectivity index (χ1) is 9.06. The van der Waals surface area contributed by atoms with Crippen LogP contribution in [0.2, 0.25) is 0 Å². The fourth-order valence-electron chi connectivity index (χ4n) is 3.39. The summed E-state index contributed by atoms with van der Waals surface area (Å²) < 4.78 is 27.7. The van der Waals surface area contributed by atoms with Gasteiger partial charge in [0.15, 0.2) is 0 Å². The number of likely N-dealkylation sites (tertiary alicyclic amines) is 1. The number of fused-ring (bicyclic) bond motifs is 1. The average molecular weight is 266 g/mol. The van der Waals surface area contributed by atoms with Gasteiger partial charge in [-0.25, -0.2) is 8.78 Å². The van der Waals surface area contributed by atoms with Gasteiger partial charge in [0.2, 0.25) is 0 Å². The maximum absolute atomic E-state index is 14.0. The molecule has 2 nitrogen and oxygen atoms in total. The summed E-state index contributed by atoms with van der Waals surface area (Å²) in [5.41, 5.74) is 0.854. The van der Waals surface area contributed by atoms with Crippen molar-refractivity contribution in [3.8, 4) is 0 Å². The number of rotatable bonds is 2. The third kappa shape index (κ3) is 2.28. The molecule has 1 N–H and O–H groups in total. The minimum Gasteiger partial charge on any atom is -0.316 e. The quantitative estimate of drug-likeness (QED) is 0.884. The van der Waals surface area contributed by atoms with Crippen LogP contribution in [0.3, 0.4) is 0 Å². The summed E-state index contributed by atoms with van der Waals surface area (Å²) in [5.74, 6) is 0.729. The highest BCUT2D eigenvalue weighted by Gasteiger charge is 2.38. The summed E-state index contributed by atoms with van der Waals surface area (Å²) in [5, 5.41) is 3.39. The van der Waals surface area contributed by atoms with Gasteiger partial charge in [-0.2, -0.15) is 0 Å². The molecule has 0 radical (unpaired) electrons. The van der Waals surface area contributed by atoms with Gasteiger partial charge < -0.3 is 5.32 Å². The Morgan fingerprint density at radius 2 is 1.79 bits per heavy atom. The lowest BCUT2D eigenvalue weighted by atomic mass is 10.0. The van der Waals surface area contributed by atoms with Crippen molar-refractivity contribution in [1.29, 1.82) is 0 Å². The van der Waals surface area contributed by atoms with E-state index in [-0.39, 0.29) is 17.7 Å². The smallest absolute Gasteiger partial charge is 0.128 e. The van der Waals surface area contributed by atoms with Gasteiger partial charge in [-0.3, -0.25) is 4.90 Å². The molecular weight excluding hydrogens is 246 g/mol. The van der Waals surface area contributed by atoms with Gasteiger partial charge >= 0.3 is 0 Å². The molecule has 1 aromatic carbocycles. The van der Waals surface area contributed by atoms with E-state index < -0.39 is 0 Å². The first kappa shape index (κ1) is 13.0. The van der Waals surface area contributed by atoms with E-state index in [1.807, 2.05) is 6.92 Å². The third-order valence-corrected chi connectivity index (χ3v) is 4.69. The van der Waals surface area contributed by atoms with Crippen LogP contribution in [0.25, 0.3) is 0 Å². The maximum atomic E-state index is 14.0. The monoisotopic (exact) mass is 266 g/mol. The summed E-state index contributed by atoms with van der Waals surface area (Å²) in [6.07, 6.45) is 0. The number of hydrogen-bond donors (Lipinski definition) is 1. The number of nitrogens with zero attached hydrogens (tertiary/aromatic N) is 1. The fraction of sp³-hybridized carbons (Fsp3) is 0.600. The minimum absolute atomic E-state index is 0.0549. The van der Waals surface area contributed by atoms with Crippen molar-refractivity contribution in [2.24, 2.45) is 11.8 Å². The van der Waals surface area contributed by atoms with Gasteiger partial charge in [0, 0.05) is 24.7 Å². The van der Waals surface area contributed by atoms with Gasteiger partial charge in [0.05, 0.1) is 0 Å². The standard InChI is InChI=1S/C15H20F2N2/c1-9-3-15(17)13(4-14(9)16)10(2)19-7-11-5-18-6-12(11)8-19/h3-4,10-12,18H,5-8H2,1-2H3. The number of halogens is 2. The molecule has 0 aromatic heterocycles. The molecule has 104 valence electrons. The second-order valence-corrected chi connectivity index (χ2v) is 5.93. The van der Waals surface area contributed by atoms with Crippen LogP contribution in [0.15, 0.2) is 12.1 Å². The van der Waals surface area contributed by atoms with Crippen molar-refractivity contribution in [1.82, 2.24) is 10.2 Å². The van der Waals surface area contributed by atoms with Gasteiger partial charge in [0.1, 0.15) is 11.6 Å². The Balaban J connectivity index is 1.81. The number of benzene rings is 1. The molecule has 3 rings (SSSR count). The van der Waals surface area contributed by atoms with E-state index in [4.69, 9.17) is 0 Å². The van der Waals surface area contributed by atoms with Crippen LogP contribution in [0.4, 0.5) is 8.78 Å². The summed E-state index contributed by atoms with van der Waals surface area (Å²) in [4.78, 5) is 2.28. The molecule has 4 heteroatoms. The van der Waals surface area contributed by atoms with Crippen LogP contribution < -0.4 is 5.32 Å². The van der Waals surface area contributed by atoms with Gasteiger partial charge in [0.25, 0.3) is 0 Å². The minimum atomic E-state index is -0.315. The Morgan fingerprint density at radius 1 is 1.16 bits per heavy atom. The van der Waals surface area contributed by atoms with E-state index in [0.29, 0.717) is 23.0 Å².